The van der Waals surface area contributed by atoms with Gasteiger partial charge in [0.05, 0.1) is 23.1 Å². The second-order valence-electron chi connectivity index (χ2n) is 5.89. The molecule has 0 unspecified atom stereocenters. The summed E-state index contributed by atoms with van der Waals surface area (Å²) in [4.78, 5) is 25.4. The average molecular weight is 398 g/mol. The third kappa shape index (κ3) is 6.63. The van der Waals surface area contributed by atoms with Gasteiger partial charge in [-0.15, -0.1) is 11.8 Å². The summed E-state index contributed by atoms with van der Waals surface area (Å²) in [7, 11) is 0. The van der Waals surface area contributed by atoms with Crippen molar-refractivity contribution in [2.45, 2.75) is 24.7 Å². The zero-order valence-electron chi connectivity index (χ0n) is 15.7. The van der Waals surface area contributed by atoms with Crippen molar-refractivity contribution in [1.29, 1.82) is 5.26 Å². The van der Waals surface area contributed by atoms with Crippen LogP contribution in [0.2, 0.25) is 0 Å². The number of carbonyl (C=O) groups is 2. The highest BCUT2D eigenvalue weighted by Crippen LogP contribution is 2.26. The van der Waals surface area contributed by atoms with Gasteiger partial charge in [0.25, 0.3) is 5.91 Å². The first-order valence-corrected chi connectivity index (χ1v) is 10.0. The number of hydrogen-bond donors (Lipinski definition) is 2. The molecule has 0 aliphatic heterocycles. The summed E-state index contributed by atoms with van der Waals surface area (Å²) in [6.45, 7) is 2.47. The van der Waals surface area contributed by atoms with Gasteiger partial charge in [0.1, 0.15) is 0 Å². The topological polar surface area (TPSA) is 91.2 Å². The molecular weight excluding hydrogens is 374 g/mol. The second kappa shape index (κ2) is 11.7. The number of rotatable bonds is 10. The molecule has 146 valence electrons. The number of thioether (sulfide) groups is 1. The monoisotopic (exact) mass is 397 g/mol. The zero-order valence-corrected chi connectivity index (χ0v) is 16.6. The quantitative estimate of drug-likeness (QED) is 0.353. The van der Waals surface area contributed by atoms with E-state index in [1.165, 1.54) is 11.8 Å². The number of nitriles is 1. The second-order valence-corrected chi connectivity index (χ2v) is 6.91. The van der Waals surface area contributed by atoms with E-state index in [0.717, 1.165) is 24.3 Å². The number of esters is 1. The van der Waals surface area contributed by atoms with E-state index in [0.29, 0.717) is 16.9 Å². The highest BCUT2D eigenvalue weighted by Gasteiger charge is 2.15. The number of nitrogens with one attached hydrogen (secondary N) is 2. The van der Waals surface area contributed by atoms with Gasteiger partial charge >= 0.3 is 5.97 Å². The third-order valence-corrected chi connectivity index (χ3v) is 4.72. The third-order valence-electron chi connectivity index (χ3n) is 3.78. The molecule has 1 amide bonds. The Kier molecular flexibility index (Phi) is 8.89. The molecule has 0 bridgehead atoms. The van der Waals surface area contributed by atoms with E-state index < -0.39 is 11.9 Å². The molecular formula is C21H23N3O3S. The molecule has 0 spiro atoms. The van der Waals surface area contributed by atoms with Gasteiger partial charge in [0, 0.05) is 17.1 Å². The van der Waals surface area contributed by atoms with E-state index >= 15 is 0 Å². The van der Waals surface area contributed by atoms with E-state index in [-0.39, 0.29) is 12.4 Å². The molecule has 2 aromatic rings. The molecule has 2 aromatic carbocycles. The molecule has 0 aliphatic carbocycles. The first-order valence-electron chi connectivity index (χ1n) is 9.04. The van der Waals surface area contributed by atoms with Crippen LogP contribution >= 0.6 is 11.8 Å². The van der Waals surface area contributed by atoms with Crippen LogP contribution in [-0.2, 0) is 9.53 Å². The van der Waals surface area contributed by atoms with Crippen molar-refractivity contribution in [1.82, 2.24) is 0 Å². The van der Waals surface area contributed by atoms with Gasteiger partial charge in [-0.05, 0) is 30.7 Å². The van der Waals surface area contributed by atoms with Gasteiger partial charge in [-0.25, -0.2) is 4.79 Å². The number of hydrogen-bond acceptors (Lipinski definition) is 6. The predicted molar refractivity (Wildman–Crippen MR) is 112 cm³/mol. The first kappa shape index (κ1) is 21.3. The lowest BCUT2D eigenvalue weighted by Gasteiger charge is -2.12. The lowest BCUT2D eigenvalue weighted by Crippen LogP contribution is -2.21. The average Bonchev–Trinajstić information content (AvgIpc) is 2.72. The Labute approximate surface area is 169 Å². The SMILES string of the molecule is CCCCNc1ccccc1C(=O)OCC(=O)Nc1ccccc1SCC#N. The minimum absolute atomic E-state index is 0.281. The Bertz CT molecular complexity index is 849. The van der Waals surface area contributed by atoms with Gasteiger partial charge in [0.15, 0.2) is 6.61 Å². The highest BCUT2D eigenvalue weighted by atomic mass is 32.2. The number of carbonyl (C=O) groups excluding carboxylic acids is 2. The number of benzene rings is 2. The number of para-hydroxylation sites is 2. The minimum Gasteiger partial charge on any atom is -0.452 e. The minimum atomic E-state index is -0.554. The summed E-state index contributed by atoms with van der Waals surface area (Å²) in [5, 5.41) is 14.7. The Morgan fingerprint density at radius 1 is 1.11 bits per heavy atom. The molecule has 0 radical (unpaired) electrons. The Balaban J connectivity index is 1.93. The molecule has 7 heteroatoms. The van der Waals surface area contributed by atoms with Gasteiger partial charge < -0.3 is 15.4 Å². The lowest BCUT2D eigenvalue weighted by atomic mass is 10.1. The summed E-state index contributed by atoms with van der Waals surface area (Å²) in [6.07, 6.45) is 2.04. The first-order chi connectivity index (χ1) is 13.7. The summed E-state index contributed by atoms with van der Waals surface area (Å²) >= 11 is 1.33. The van der Waals surface area contributed by atoms with Crippen LogP contribution in [0.3, 0.4) is 0 Å². The van der Waals surface area contributed by atoms with Crippen molar-refractivity contribution in [3.63, 3.8) is 0 Å². The molecule has 0 aliphatic rings. The molecule has 0 heterocycles. The van der Waals surface area contributed by atoms with E-state index in [4.69, 9.17) is 10.00 Å². The lowest BCUT2D eigenvalue weighted by molar-refractivity contribution is -0.119. The van der Waals surface area contributed by atoms with Crippen LogP contribution in [0.25, 0.3) is 0 Å². The van der Waals surface area contributed by atoms with Crippen molar-refractivity contribution in [3.05, 3.63) is 54.1 Å². The summed E-state index contributed by atoms with van der Waals surface area (Å²) in [5.74, 6) is -0.708. The largest absolute Gasteiger partial charge is 0.452 e. The summed E-state index contributed by atoms with van der Waals surface area (Å²) < 4.78 is 5.18. The van der Waals surface area contributed by atoms with Crippen LogP contribution in [0.4, 0.5) is 11.4 Å². The molecule has 0 aromatic heterocycles. The van der Waals surface area contributed by atoms with Gasteiger partial charge in [0.2, 0.25) is 0 Å². The van der Waals surface area contributed by atoms with Gasteiger partial charge in [-0.1, -0.05) is 37.6 Å². The van der Waals surface area contributed by atoms with E-state index in [9.17, 15) is 9.59 Å². The summed E-state index contributed by atoms with van der Waals surface area (Å²) in [5.41, 5.74) is 1.68. The molecule has 6 nitrogen and oxygen atoms in total. The van der Waals surface area contributed by atoms with Gasteiger partial charge in [-0.2, -0.15) is 5.26 Å². The Morgan fingerprint density at radius 3 is 2.57 bits per heavy atom. The molecule has 2 N–H and O–H groups in total. The molecule has 0 saturated carbocycles. The smallest absolute Gasteiger partial charge is 0.340 e. The maximum absolute atomic E-state index is 12.4. The van der Waals surface area contributed by atoms with Crippen LogP contribution in [0, 0.1) is 11.3 Å². The highest BCUT2D eigenvalue weighted by molar-refractivity contribution is 7.99. The molecule has 0 fully saturated rings. The van der Waals surface area contributed by atoms with Crippen molar-refractivity contribution < 1.29 is 14.3 Å². The van der Waals surface area contributed by atoms with E-state index in [1.54, 1.807) is 24.3 Å². The standard InChI is InChI=1S/C21H23N3O3S/c1-2-3-13-23-17-9-5-4-8-16(17)21(26)27-15-20(25)24-18-10-6-7-11-19(18)28-14-12-22/h4-11,23H,2-3,13-15H2,1H3,(H,24,25). The normalized spacial score (nSPS) is 10.0. The Morgan fingerprint density at radius 2 is 1.82 bits per heavy atom. The number of nitrogens with zero attached hydrogens (tertiary/aromatic N) is 1. The Hall–Kier alpha value is -2.98. The molecule has 0 atom stereocenters. The number of anilines is 2. The zero-order chi connectivity index (χ0) is 20.2. The molecule has 0 saturated heterocycles. The maximum atomic E-state index is 12.4. The van der Waals surface area contributed by atoms with E-state index in [1.807, 2.05) is 24.3 Å². The van der Waals surface area contributed by atoms with Crippen molar-refractivity contribution in [3.8, 4) is 6.07 Å². The van der Waals surface area contributed by atoms with Crippen molar-refractivity contribution in [2.24, 2.45) is 0 Å². The maximum Gasteiger partial charge on any atom is 0.340 e. The van der Waals surface area contributed by atoms with Crippen LogP contribution in [0.1, 0.15) is 30.1 Å². The molecule has 2 rings (SSSR count). The van der Waals surface area contributed by atoms with Gasteiger partial charge in [-0.3, -0.25) is 4.79 Å². The fourth-order valence-electron chi connectivity index (χ4n) is 2.42. The van der Waals surface area contributed by atoms with Crippen LogP contribution < -0.4 is 10.6 Å². The number of amides is 1. The summed E-state index contributed by atoms with van der Waals surface area (Å²) in [6, 6.07) is 16.3. The van der Waals surface area contributed by atoms with Crippen LogP contribution in [-0.4, -0.2) is 30.8 Å². The van der Waals surface area contributed by atoms with Crippen molar-refractivity contribution >= 4 is 35.0 Å². The fourth-order valence-corrected chi connectivity index (χ4v) is 3.09. The number of ether oxygens (including phenoxy) is 1. The predicted octanol–water partition coefficient (Wildman–Crippen LogP) is 4.31. The van der Waals surface area contributed by atoms with E-state index in [2.05, 4.69) is 23.6 Å². The fraction of sp³-hybridized carbons (Fsp3) is 0.286. The number of unbranched alkanes of at least 4 members (excludes halogenated alkanes) is 1. The molecule has 28 heavy (non-hydrogen) atoms. The van der Waals surface area contributed by atoms with Crippen molar-refractivity contribution in [2.75, 3.05) is 29.5 Å². The van der Waals surface area contributed by atoms with Crippen LogP contribution in [0.15, 0.2) is 53.4 Å². The van der Waals surface area contributed by atoms with Crippen LogP contribution in [0.5, 0.6) is 0 Å².